The van der Waals surface area contributed by atoms with Gasteiger partial charge in [0.2, 0.25) is 5.95 Å². The third-order valence-electron chi connectivity index (χ3n) is 2.63. The summed E-state index contributed by atoms with van der Waals surface area (Å²) >= 11 is 5.03. The van der Waals surface area contributed by atoms with E-state index in [2.05, 4.69) is 20.9 Å². The Morgan fingerprint density at radius 3 is 2.80 bits per heavy atom. The monoisotopic (exact) mass is 291 g/mol. The highest BCUT2D eigenvalue weighted by molar-refractivity contribution is 9.10. The Balaban J connectivity index is 2.38. The van der Waals surface area contributed by atoms with Crippen LogP contribution in [0.2, 0.25) is 0 Å². The van der Waals surface area contributed by atoms with Gasteiger partial charge in [0.05, 0.1) is 5.60 Å². The van der Waals surface area contributed by atoms with Crippen LogP contribution in [0.4, 0.5) is 4.39 Å². The molecule has 0 radical (unpaired) electrons. The van der Waals surface area contributed by atoms with Crippen molar-refractivity contribution >= 4 is 27.7 Å². The highest BCUT2D eigenvalue weighted by Gasteiger charge is 2.34. The van der Waals surface area contributed by atoms with Crippen LogP contribution in [0.3, 0.4) is 0 Å². The third kappa shape index (κ3) is 2.34. The summed E-state index contributed by atoms with van der Waals surface area (Å²) in [6.45, 7) is 0. The van der Waals surface area contributed by atoms with E-state index >= 15 is 0 Å². The Morgan fingerprint density at radius 2 is 2.13 bits per heavy atom. The van der Waals surface area contributed by atoms with Gasteiger partial charge in [-0.2, -0.15) is 16.2 Å². The first kappa shape index (κ1) is 11.4. The predicted molar refractivity (Wildman–Crippen MR) is 62.4 cm³/mol. The highest BCUT2D eigenvalue weighted by Crippen LogP contribution is 2.37. The summed E-state index contributed by atoms with van der Waals surface area (Å²) in [7, 11) is 0. The maximum Gasteiger partial charge on any atom is 0.219 e. The number of aliphatic hydroxyl groups is 1. The molecular weight excluding hydrogens is 281 g/mol. The Kier molecular flexibility index (Phi) is 3.33. The summed E-state index contributed by atoms with van der Waals surface area (Å²) in [4.78, 5) is 3.62. The third-order valence-corrected chi connectivity index (χ3v) is 4.05. The molecule has 2 nitrogen and oxygen atoms in total. The molecule has 1 aromatic rings. The number of aromatic nitrogens is 1. The average Bonchev–Trinajstić information content (AvgIpc) is 2.23. The van der Waals surface area contributed by atoms with Gasteiger partial charge in [0, 0.05) is 16.2 Å². The summed E-state index contributed by atoms with van der Waals surface area (Å²) in [5.41, 5.74) is -0.719. The molecule has 0 bridgehead atoms. The van der Waals surface area contributed by atoms with Crippen molar-refractivity contribution in [1.82, 2.24) is 4.98 Å². The van der Waals surface area contributed by atoms with Crippen LogP contribution in [-0.2, 0) is 5.60 Å². The molecule has 15 heavy (non-hydrogen) atoms. The number of pyridine rings is 1. The van der Waals surface area contributed by atoms with Gasteiger partial charge in [-0.1, -0.05) is 0 Å². The molecule has 0 aromatic carbocycles. The number of hydrogen-bond acceptors (Lipinski definition) is 3. The van der Waals surface area contributed by atoms with Crippen molar-refractivity contribution in [2.45, 2.75) is 18.4 Å². The lowest BCUT2D eigenvalue weighted by atomic mass is 9.89. The second-order valence-corrected chi connectivity index (χ2v) is 5.78. The van der Waals surface area contributed by atoms with Crippen molar-refractivity contribution in [2.24, 2.45) is 0 Å². The molecule has 0 spiro atoms. The molecule has 0 aliphatic carbocycles. The molecule has 2 heterocycles. The van der Waals surface area contributed by atoms with Gasteiger partial charge in [-0.3, -0.25) is 0 Å². The number of hydrogen-bond donors (Lipinski definition) is 1. The smallest absolute Gasteiger partial charge is 0.219 e. The maximum absolute atomic E-state index is 13.5. The van der Waals surface area contributed by atoms with Crippen molar-refractivity contribution in [3.8, 4) is 0 Å². The summed E-state index contributed by atoms with van der Waals surface area (Å²) in [6.07, 6.45) is 2.58. The Hall–Kier alpha value is -0.130. The van der Waals surface area contributed by atoms with Gasteiger partial charge in [0.15, 0.2) is 0 Å². The molecule has 0 saturated carbocycles. The first-order chi connectivity index (χ1) is 7.12. The molecule has 1 aliphatic heterocycles. The summed E-state index contributed by atoms with van der Waals surface area (Å²) in [5, 5.41) is 10.3. The molecular formula is C10H11BrFNOS. The number of thioether (sulfide) groups is 1. The quantitative estimate of drug-likeness (QED) is 0.808. The van der Waals surface area contributed by atoms with Gasteiger partial charge in [-0.15, -0.1) is 0 Å². The molecule has 82 valence electrons. The Morgan fingerprint density at radius 1 is 1.47 bits per heavy atom. The molecule has 0 amide bonds. The number of nitrogens with zero attached hydrogens (tertiary/aromatic N) is 1. The lowest BCUT2D eigenvalue weighted by Crippen LogP contribution is -2.31. The van der Waals surface area contributed by atoms with Crippen LogP contribution in [0.15, 0.2) is 16.7 Å². The van der Waals surface area contributed by atoms with Gasteiger partial charge >= 0.3 is 0 Å². The van der Waals surface area contributed by atoms with E-state index in [-0.39, 0.29) is 0 Å². The fourth-order valence-electron chi connectivity index (χ4n) is 1.73. The van der Waals surface area contributed by atoms with E-state index in [0.717, 1.165) is 11.5 Å². The van der Waals surface area contributed by atoms with Crippen molar-refractivity contribution in [1.29, 1.82) is 0 Å². The fraction of sp³-hybridized carbons (Fsp3) is 0.500. The average molecular weight is 292 g/mol. The highest BCUT2D eigenvalue weighted by atomic mass is 79.9. The first-order valence-corrected chi connectivity index (χ1v) is 6.68. The second kappa shape index (κ2) is 4.39. The first-order valence-electron chi connectivity index (χ1n) is 4.73. The minimum Gasteiger partial charge on any atom is -0.385 e. The van der Waals surface area contributed by atoms with Crippen LogP contribution in [0.25, 0.3) is 0 Å². The van der Waals surface area contributed by atoms with Crippen molar-refractivity contribution in [3.63, 3.8) is 0 Å². The fourth-order valence-corrected chi connectivity index (χ4v) is 3.23. The molecule has 1 saturated heterocycles. The molecule has 1 aromatic heterocycles. The lowest BCUT2D eigenvalue weighted by molar-refractivity contribution is 0.0237. The molecule has 2 rings (SSSR count). The van der Waals surface area contributed by atoms with Crippen LogP contribution < -0.4 is 0 Å². The van der Waals surface area contributed by atoms with E-state index < -0.39 is 11.5 Å². The van der Waals surface area contributed by atoms with Gasteiger partial charge in [0.25, 0.3) is 0 Å². The van der Waals surface area contributed by atoms with Gasteiger partial charge < -0.3 is 5.11 Å². The zero-order chi connectivity index (χ0) is 10.9. The molecule has 1 N–H and O–H groups in total. The molecule has 1 aliphatic rings. The van der Waals surface area contributed by atoms with E-state index in [1.165, 1.54) is 6.20 Å². The van der Waals surface area contributed by atoms with Crippen LogP contribution >= 0.6 is 27.7 Å². The standard InChI is InChI=1S/C10H11BrFNOS/c11-7-5-8(9(12)13-6-7)10(14)1-3-15-4-2-10/h5-6,14H,1-4H2. The van der Waals surface area contributed by atoms with Gasteiger partial charge in [-0.05, 0) is 46.3 Å². The zero-order valence-electron chi connectivity index (χ0n) is 8.04. The summed E-state index contributed by atoms with van der Waals surface area (Å²) < 4.78 is 14.2. The number of halogens is 2. The van der Waals surface area contributed by atoms with E-state index in [4.69, 9.17) is 0 Å². The van der Waals surface area contributed by atoms with Crippen LogP contribution in [0.5, 0.6) is 0 Å². The minimum absolute atomic E-state index is 0.317. The Bertz CT molecular complexity index is 368. The van der Waals surface area contributed by atoms with Crippen LogP contribution in [-0.4, -0.2) is 21.6 Å². The summed E-state index contributed by atoms with van der Waals surface area (Å²) in [6, 6.07) is 1.62. The topological polar surface area (TPSA) is 33.1 Å². The molecule has 0 atom stereocenters. The van der Waals surface area contributed by atoms with Gasteiger partial charge in [0.1, 0.15) is 0 Å². The second-order valence-electron chi connectivity index (χ2n) is 3.64. The molecule has 5 heteroatoms. The maximum atomic E-state index is 13.5. The van der Waals surface area contributed by atoms with E-state index in [9.17, 15) is 9.50 Å². The van der Waals surface area contributed by atoms with Crippen molar-refractivity contribution in [3.05, 3.63) is 28.2 Å². The normalized spacial score (nSPS) is 20.2. The van der Waals surface area contributed by atoms with E-state index in [0.29, 0.717) is 22.9 Å². The molecule has 0 unspecified atom stereocenters. The summed E-state index contributed by atoms with van der Waals surface area (Å²) in [5.74, 6) is 1.16. The number of rotatable bonds is 1. The SMILES string of the molecule is OC1(c2cc(Br)cnc2F)CCSCC1. The zero-order valence-corrected chi connectivity index (χ0v) is 10.4. The van der Waals surface area contributed by atoms with Crippen molar-refractivity contribution in [2.75, 3.05) is 11.5 Å². The van der Waals surface area contributed by atoms with E-state index in [1.54, 1.807) is 17.8 Å². The predicted octanol–water partition coefficient (Wildman–Crippen LogP) is 2.70. The largest absolute Gasteiger partial charge is 0.385 e. The molecule has 1 fully saturated rings. The van der Waals surface area contributed by atoms with Crippen molar-refractivity contribution < 1.29 is 9.50 Å². The Labute approximate surface area is 100 Å². The van der Waals surface area contributed by atoms with Crippen LogP contribution in [0, 0.1) is 5.95 Å². The minimum atomic E-state index is -1.04. The van der Waals surface area contributed by atoms with Gasteiger partial charge in [-0.25, -0.2) is 4.98 Å². The van der Waals surface area contributed by atoms with Crippen LogP contribution in [0.1, 0.15) is 18.4 Å². The van der Waals surface area contributed by atoms with E-state index in [1.807, 2.05) is 0 Å². The lowest BCUT2D eigenvalue weighted by Gasteiger charge is -2.32.